The van der Waals surface area contributed by atoms with Crippen LogP contribution in [0.3, 0.4) is 0 Å². The second kappa shape index (κ2) is 4.30. The van der Waals surface area contributed by atoms with E-state index < -0.39 is 6.10 Å². The highest BCUT2D eigenvalue weighted by Crippen LogP contribution is 2.16. The average molecular weight is 206 g/mol. The van der Waals surface area contributed by atoms with Crippen molar-refractivity contribution >= 4 is 11.5 Å². The fraction of sp³-hybridized carbons (Fsp3) is 0.200. The molecular weight excluding hydrogens is 196 g/mol. The van der Waals surface area contributed by atoms with E-state index in [0.717, 1.165) is 5.56 Å². The van der Waals surface area contributed by atoms with E-state index in [1.54, 1.807) is 5.38 Å². The van der Waals surface area contributed by atoms with Crippen molar-refractivity contribution in [3.8, 4) is 0 Å². The lowest BCUT2D eigenvalue weighted by Crippen LogP contribution is -2.01. The summed E-state index contributed by atoms with van der Waals surface area (Å²) in [6, 6.07) is 9.86. The molecule has 14 heavy (non-hydrogen) atoms. The van der Waals surface area contributed by atoms with Gasteiger partial charge in [-0.05, 0) is 17.1 Å². The van der Waals surface area contributed by atoms with E-state index in [1.807, 2.05) is 30.3 Å². The average Bonchev–Trinajstić information content (AvgIpc) is 2.72. The largest absolute Gasteiger partial charge is 0.386 e. The van der Waals surface area contributed by atoms with E-state index in [4.69, 9.17) is 0 Å². The highest BCUT2D eigenvalue weighted by molar-refractivity contribution is 7.03. The topological polar surface area (TPSA) is 46.0 Å². The molecule has 3 nitrogen and oxygen atoms in total. The summed E-state index contributed by atoms with van der Waals surface area (Å²) in [5, 5.41) is 15.4. The second-order valence-electron chi connectivity index (χ2n) is 3.04. The SMILES string of the molecule is OC(Cc1ccccc1)c1csnn1. The predicted molar refractivity (Wildman–Crippen MR) is 55.0 cm³/mol. The van der Waals surface area contributed by atoms with Gasteiger partial charge in [0, 0.05) is 11.8 Å². The molecule has 0 bridgehead atoms. The summed E-state index contributed by atoms with van der Waals surface area (Å²) in [6.07, 6.45) is 0.0443. The summed E-state index contributed by atoms with van der Waals surface area (Å²) in [4.78, 5) is 0. The fourth-order valence-electron chi connectivity index (χ4n) is 1.26. The van der Waals surface area contributed by atoms with E-state index in [9.17, 15) is 5.11 Å². The monoisotopic (exact) mass is 206 g/mol. The Morgan fingerprint density at radius 3 is 2.71 bits per heavy atom. The molecule has 0 aliphatic heterocycles. The molecule has 0 spiro atoms. The Hall–Kier alpha value is -1.26. The first kappa shape index (κ1) is 9.30. The highest BCUT2D eigenvalue weighted by Gasteiger charge is 2.10. The lowest BCUT2D eigenvalue weighted by atomic mass is 10.1. The van der Waals surface area contributed by atoms with Crippen molar-refractivity contribution in [1.29, 1.82) is 0 Å². The molecule has 1 aromatic carbocycles. The zero-order valence-electron chi connectivity index (χ0n) is 7.50. The van der Waals surface area contributed by atoms with Gasteiger partial charge in [0.15, 0.2) is 0 Å². The summed E-state index contributed by atoms with van der Waals surface area (Å²) >= 11 is 1.26. The highest BCUT2D eigenvalue weighted by atomic mass is 32.1. The number of benzene rings is 1. The molecule has 1 aromatic heterocycles. The molecular formula is C10H10N2OS. The van der Waals surface area contributed by atoms with Gasteiger partial charge in [-0.25, -0.2) is 0 Å². The maximum absolute atomic E-state index is 9.77. The minimum absolute atomic E-state index is 0.545. The van der Waals surface area contributed by atoms with Crippen LogP contribution in [0, 0.1) is 0 Å². The van der Waals surface area contributed by atoms with E-state index >= 15 is 0 Å². The molecule has 0 radical (unpaired) electrons. The van der Waals surface area contributed by atoms with Crippen LogP contribution in [0.2, 0.25) is 0 Å². The van der Waals surface area contributed by atoms with Gasteiger partial charge in [-0.1, -0.05) is 34.8 Å². The number of aliphatic hydroxyl groups excluding tert-OH is 1. The number of rotatable bonds is 3. The van der Waals surface area contributed by atoms with Crippen LogP contribution in [0.1, 0.15) is 17.4 Å². The van der Waals surface area contributed by atoms with Crippen molar-refractivity contribution in [2.75, 3.05) is 0 Å². The molecule has 0 aliphatic rings. The number of hydrogen-bond donors (Lipinski definition) is 1. The van der Waals surface area contributed by atoms with Crippen LogP contribution in [0.4, 0.5) is 0 Å². The first-order valence-electron chi connectivity index (χ1n) is 4.35. The van der Waals surface area contributed by atoms with Crippen LogP contribution in [0.5, 0.6) is 0 Å². The maximum atomic E-state index is 9.77. The van der Waals surface area contributed by atoms with Crippen LogP contribution < -0.4 is 0 Å². The molecule has 0 saturated carbocycles. The van der Waals surface area contributed by atoms with Crippen molar-refractivity contribution in [1.82, 2.24) is 9.59 Å². The van der Waals surface area contributed by atoms with Crippen LogP contribution in [-0.4, -0.2) is 14.7 Å². The van der Waals surface area contributed by atoms with E-state index in [2.05, 4.69) is 9.59 Å². The molecule has 0 amide bonds. The molecule has 1 heterocycles. The summed E-state index contributed by atoms with van der Waals surface area (Å²) < 4.78 is 3.72. The third kappa shape index (κ3) is 2.16. The van der Waals surface area contributed by atoms with Crippen molar-refractivity contribution in [3.63, 3.8) is 0 Å². The van der Waals surface area contributed by atoms with Gasteiger partial charge in [-0.15, -0.1) is 5.10 Å². The molecule has 1 atom stereocenters. The van der Waals surface area contributed by atoms with Crippen LogP contribution in [0.15, 0.2) is 35.7 Å². The van der Waals surface area contributed by atoms with Crippen LogP contribution >= 0.6 is 11.5 Å². The molecule has 72 valence electrons. The van der Waals surface area contributed by atoms with Gasteiger partial charge < -0.3 is 5.11 Å². The van der Waals surface area contributed by atoms with E-state index in [-0.39, 0.29) is 0 Å². The molecule has 2 rings (SSSR count). The molecule has 1 unspecified atom stereocenters. The van der Waals surface area contributed by atoms with Crippen molar-refractivity contribution in [3.05, 3.63) is 47.0 Å². The first-order valence-corrected chi connectivity index (χ1v) is 5.19. The minimum Gasteiger partial charge on any atom is -0.386 e. The number of nitrogens with zero attached hydrogens (tertiary/aromatic N) is 2. The van der Waals surface area contributed by atoms with Gasteiger partial charge in [0.2, 0.25) is 0 Å². The predicted octanol–water partition coefficient (Wildman–Crippen LogP) is 1.81. The Labute approximate surface area is 86.2 Å². The third-order valence-electron chi connectivity index (χ3n) is 1.99. The molecule has 2 aromatic rings. The van der Waals surface area contributed by atoms with Crippen LogP contribution in [0.25, 0.3) is 0 Å². The Morgan fingerprint density at radius 1 is 1.29 bits per heavy atom. The van der Waals surface area contributed by atoms with Gasteiger partial charge in [0.1, 0.15) is 11.8 Å². The zero-order chi connectivity index (χ0) is 9.80. The Morgan fingerprint density at radius 2 is 2.07 bits per heavy atom. The lowest BCUT2D eigenvalue weighted by Gasteiger charge is -2.06. The van der Waals surface area contributed by atoms with Gasteiger partial charge >= 0.3 is 0 Å². The van der Waals surface area contributed by atoms with Gasteiger partial charge in [-0.3, -0.25) is 0 Å². The molecule has 0 aliphatic carbocycles. The summed E-state index contributed by atoms with van der Waals surface area (Å²) in [5.41, 5.74) is 1.76. The number of aliphatic hydroxyl groups is 1. The van der Waals surface area contributed by atoms with E-state index in [0.29, 0.717) is 12.1 Å². The lowest BCUT2D eigenvalue weighted by molar-refractivity contribution is 0.173. The third-order valence-corrected chi connectivity index (χ3v) is 2.51. The standard InChI is InChI=1S/C10H10N2OS/c13-10(9-7-14-12-11-9)6-8-4-2-1-3-5-8/h1-5,7,10,13H,6H2. The summed E-state index contributed by atoms with van der Waals surface area (Å²) in [5.74, 6) is 0. The Balaban J connectivity index is 2.06. The minimum atomic E-state index is -0.545. The number of hydrogen-bond acceptors (Lipinski definition) is 4. The first-order chi connectivity index (χ1) is 6.86. The summed E-state index contributed by atoms with van der Waals surface area (Å²) in [7, 11) is 0. The van der Waals surface area contributed by atoms with Crippen molar-refractivity contribution < 1.29 is 5.11 Å². The smallest absolute Gasteiger partial charge is 0.104 e. The Kier molecular flexibility index (Phi) is 2.86. The van der Waals surface area contributed by atoms with Gasteiger partial charge in [-0.2, -0.15) is 0 Å². The van der Waals surface area contributed by atoms with Crippen molar-refractivity contribution in [2.24, 2.45) is 0 Å². The molecule has 0 saturated heterocycles. The summed E-state index contributed by atoms with van der Waals surface area (Å²) in [6.45, 7) is 0. The quantitative estimate of drug-likeness (QED) is 0.833. The molecule has 1 N–H and O–H groups in total. The maximum Gasteiger partial charge on any atom is 0.104 e. The molecule has 4 heteroatoms. The number of aromatic nitrogens is 2. The normalized spacial score (nSPS) is 12.6. The molecule has 0 fully saturated rings. The van der Waals surface area contributed by atoms with Gasteiger partial charge in [0.25, 0.3) is 0 Å². The Bertz CT molecular complexity index is 374. The van der Waals surface area contributed by atoms with E-state index in [1.165, 1.54) is 11.5 Å². The van der Waals surface area contributed by atoms with Gasteiger partial charge in [0.05, 0.1) is 0 Å². The fourth-order valence-corrected chi connectivity index (χ4v) is 1.76. The second-order valence-corrected chi connectivity index (χ2v) is 3.65. The van der Waals surface area contributed by atoms with Crippen molar-refractivity contribution in [2.45, 2.75) is 12.5 Å². The zero-order valence-corrected chi connectivity index (χ0v) is 8.31. The van der Waals surface area contributed by atoms with Crippen LogP contribution in [-0.2, 0) is 6.42 Å².